The Balaban J connectivity index is 2.95. The Kier molecular flexibility index (Phi) is 2.95. The summed E-state index contributed by atoms with van der Waals surface area (Å²) in [5.41, 5.74) is 5.09. The van der Waals surface area contributed by atoms with Gasteiger partial charge in [0.15, 0.2) is 0 Å². The molecular formula is C8H8F2N2O2. The van der Waals surface area contributed by atoms with Crippen LogP contribution < -0.4 is 5.73 Å². The summed E-state index contributed by atoms with van der Waals surface area (Å²) in [5, 5.41) is 8.44. The van der Waals surface area contributed by atoms with Crippen molar-refractivity contribution in [1.29, 1.82) is 0 Å². The molecule has 4 nitrogen and oxygen atoms in total. The lowest BCUT2D eigenvalue weighted by Gasteiger charge is -2.04. The van der Waals surface area contributed by atoms with E-state index in [1.165, 1.54) is 6.07 Å². The molecule has 0 atom stereocenters. The van der Waals surface area contributed by atoms with Gasteiger partial charge in [-0.2, -0.15) is 0 Å². The van der Waals surface area contributed by atoms with Crippen molar-refractivity contribution in [1.82, 2.24) is 4.98 Å². The molecule has 0 spiro atoms. The molecular weight excluding hydrogens is 194 g/mol. The zero-order valence-electron chi connectivity index (χ0n) is 7.08. The van der Waals surface area contributed by atoms with Crippen LogP contribution in [-0.4, -0.2) is 16.1 Å². The molecule has 0 fully saturated rings. The molecule has 0 aliphatic heterocycles. The van der Waals surface area contributed by atoms with Crippen molar-refractivity contribution < 1.29 is 18.7 Å². The second-order valence-electron chi connectivity index (χ2n) is 2.65. The molecule has 14 heavy (non-hydrogen) atoms. The number of carboxylic acid groups (broad SMARTS) is 1. The lowest BCUT2D eigenvalue weighted by molar-refractivity contribution is -0.136. The molecule has 0 saturated heterocycles. The van der Waals surface area contributed by atoms with E-state index in [1.807, 2.05) is 0 Å². The lowest BCUT2D eigenvalue weighted by Crippen LogP contribution is -2.06. The van der Waals surface area contributed by atoms with Crippen LogP contribution in [0.15, 0.2) is 12.1 Å². The van der Waals surface area contributed by atoms with Crippen molar-refractivity contribution in [3.8, 4) is 0 Å². The minimum atomic E-state index is -2.70. The molecule has 0 aliphatic rings. The summed E-state index contributed by atoms with van der Waals surface area (Å²) in [7, 11) is 0. The van der Waals surface area contributed by atoms with Crippen molar-refractivity contribution in [2.75, 3.05) is 5.73 Å². The van der Waals surface area contributed by atoms with Crippen molar-refractivity contribution in [3.63, 3.8) is 0 Å². The molecule has 0 bridgehead atoms. The fourth-order valence-corrected chi connectivity index (χ4v) is 0.953. The smallest absolute Gasteiger partial charge is 0.307 e. The molecule has 1 rings (SSSR count). The minimum Gasteiger partial charge on any atom is -0.481 e. The highest BCUT2D eigenvalue weighted by Gasteiger charge is 2.12. The van der Waals surface area contributed by atoms with E-state index < -0.39 is 18.1 Å². The number of halogens is 2. The van der Waals surface area contributed by atoms with Gasteiger partial charge in [0, 0.05) is 5.56 Å². The number of nitrogen functional groups attached to an aromatic ring is 1. The van der Waals surface area contributed by atoms with E-state index in [-0.39, 0.29) is 17.8 Å². The summed E-state index contributed by atoms with van der Waals surface area (Å²) in [6, 6.07) is 2.32. The molecule has 6 heteroatoms. The number of carboxylic acids is 1. The Bertz CT molecular complexity index is 355. The Morgan fingerprint density at radius 2 is 2.21 bits per heavy atom. The molecule has 0 amide bonds. The van der Waals surface area contributed by atoms with Crippen LogP contribution in [0, 0.1) is 0 Å². The van der Waals surface area contributed by atoms with Crippen LogP contribution in [0.5, 0.6) is 0 Å². The van der Waals surface area contributed by atoms with E-state index in [4.69, 9.17) is 10.8 Å². The Hall–Kier alpha value is -1.72. The quantitative estimate of drug-likeness (QED) is 0.772. The molecule has 0 saturated carbocycles. The summed E-state index contributed by atoms with van der Waals surface area (Å²) < 4.78 is 24.2. The van der Waals surface area contributed by atoms with Crippen molar-refractivity contribution in [3.05, 3.63) is 23.4 Å². The van der Waals surface area contributed by atoms with E-state index in [2.05, 4.69) is 4.98 Å². The summed E-state index contributed by atoms with van der Waals surface area (Å²) in [6.07, 6.45) is -3.02. The number of carbonyl (C=O) groups is 1. The zero-order chi connectivity index (χ0) is 10.7. The van der Waals surface area contributed by atoms with Crippen LogP contribution in [0.4, 0.5) is 14.6 Å². The summed E-state index contributed by atoms with van der Waals surface area (Å²) in [6.45, 7) is 0. The largest absolute Gasteiger partial charge is 0.481 e. The maximum Gasteiger partial charge on any atom is 0.307 e. The molecule has 76 valence electrons. The highest BCUT2D eigenvalue weighted by Crippen LogP contribution is 2.19. The normalized spacial score (nSPS) is 10.5. The van der Waals surface area contributed by atoms with Crippen LogP contribution in [-0.2, 0) is 11.2 Å². The molecule has 0 aromatic carbocycles. The molecule has 0 radical (unpaired) electrons. The summed E-state index contributed by atoms with van der Waals surface area (Å²) in [4.78, 5) is 13.7. The third kappa shape index (κ3) is 2.38. The summed E-state index contributed by atoms with van der Waals surface area (Å²) >= 11 is 0. The third-order valence-corrected chi connectivity index (χ3v) is 1.60. The molecule has 1 aromatic heterocycles. The maximum absolute atomic E-state index is 12.1. The first-order chi connectivity index (χ1) is 6.50. The molecule has 0 unspecified atom stereocenters. The van der Waals surface area contributed by atoms with Crippen LogP contribution in [0.2, 0.25) is 0 Å². The monoisotopic (exact) mass is 202 g/mol. The Morgan fingerprint density at radius 3 is 2.64 bits per heavy atom. The fraction of sp³-hybridized carbons (Fsp3) is 0.250. The standard InChI is InChI=1S/C8H8F2N2O2/c9-7(10)5-2-1-4(3-6(13)14)8(11)12-5/h1-2,7H,3H2,(H2,11,12)(H,13,14). The number of nitrogens with two attached hydrogens (primary N) is 1. The van der Waals surface area contributed by atoms with Gasteiger partial charge in [-0.3, -0.25) is 4.79 Å². The number of hydrogen-bond acceptors (Lipinski definition) is 3. The minimum absolute atomic E-state index is 0.162. The van der Waals surface area contributed by atoms with Gasteiger partial charge in [0.05, 0.1) is 6.42 Å². The third-order valence-electron chi connectivity index (χ3n) is 1.60. The van der Waals surface area contributed by atoms with Gasteiger partial charge < -0.3 is 10.8 Å². The number of aromatic nitrogens is 1. The average molecular weight is 202 g/mol. The van der Waals surface area contributed by atoms with Crippen molar-refractivity contribution >= 4 is 11.8 Å². The maximum atomic E-state index is 12.1. The van der Waals surface area contributed by atoms with Gasteiger partial charge in [0.25, 0.3) is 6.43 Å². The number of alkyl halides is 2. The highest BCUT2D eigenvalue weighted by atomic mass is 19.3. The zero-order valence-corrected chi connectivity index (χ0v) is 7.08. The van der Waals surface area contributed by atoms with Gasteiger partial charge in [-0.1, -0.05) is 6.07 Å². The van der Waals surface area contributed by atoms with E-state index >= 15 is 0 Å². The average Bonchev–Trinajstić information content (AvgIpc) is 2.07. The molecule has 3 N–H and O–H groups in total. The van der Waals surface area contributed by atoms with E-state index in [9.17, 15) is 13.6 Å². The first kappa shape index (κ1) is 10.4. The van der Waals surface area contributed by atoms with Gasteiger partial charge in [-0.15, -0.1) is 0 Å². The number of rotatable bonds is 3. The van der Waals surface area contributed by atoms with E-state index in [0.717, 1.165) is 6.07 Å². The number of aliphatic carboxylic acids is 1. The number of anilines is 1. The first-order valence-electron chi connectivity index (χ1n) is 3.76. The Labute approximate surface area is 78.4 Å². The fourth-order valence-electron chi connectivity index (χ4n) is 0.953. The second-order valence-corrected chi connectivity index (χ2v) is 2.65. The van der Waals surface area contributed by atoms with Crippen LogP contribution in [0.1, 0.15) is 17.7 Å². The molecule has 0 aliphatic carbocycles. The predicted octanol–water partition coefficient (Wildman–Crippen LogP) is 1.23. The van der Waals surface area contributed by atoms with Crippen LogP contribution >= 0.6 is 0 Å². The SMILES string of the molecule is Nc1nc(C(F)F)ccc1CC(=O)O. The van der Waals surface area contributed by atoms with Crippen LogP contribution in [0.3, 0.4) is 0 Å². The summed E-state index contributed by atoms with van der Waals surface area (Å²) in [5.74, 6) is -1.24. The first-order valence-corrected chi connectivity index (χ1v) is 3.76. The van der Waals surface area contributed by atoms with Gasteiger partial charge in [0.1, 0.15) is 11.5 Å². The Morgan fingerprint density at radius 1 is 1.57 bits per heavy atom. The predicted molar refractivity (Wildman–Crippen MR) is 44.9 cm³/mol. The molecule has 1 aromatic rings. The molecule has 1 heterocycles. The van der Waals surface area contributed by atoms with Crippen molar-refractivity contribution in [2.24, 2.45) is 0 Å². The topological polar surface area (TPSA) is 76.2 Å². The van der Waals surface area contributed by atoms with Crippen LogP contribution in [0.25, 0.3) is 0 Å². The second kappa shape index (κ2) is 3.99. The van der Waals surface area contributed by atoms with Gasteiger partial charge in [0.2, 0.25) is 0 Å². The lowest BCUT2D eigenvalue weighted by atomic mass is 10.2. The number of nitrogens with zero attached hydrogens (tertiary/aromatic N) is 1. The van der Waals surface area contributed by atoms with Gasteiger partial charge in [-0.05, 0) is 6.07 Å². The number of pyridine rings is 1. The van der Waals surface area contributed by atoms with E-state index in [1.54, 1.807) is 0 Å². The number of hydrogen-bond donors (Lipinski definition) is 2. The van der Waals surface area contributed by atoms with Gasteiger partial charge >= 0.3 is 5.97 Å². The highest BCUT2D eigenvalue weighted by molar-refractivity contribution is 5.72. The van der Waals surface area contributed by atoms with Gasteiger partial charge in [-0.25, -0.2) is 13.8 Å². The van der Waals surface area contributed by atoms with E-state index in [0.29, 0.717) is 0 Å². The van der Waals surface area contributed by atoms with Crippen molar-refractivity contribution in [2.45, 2.75) is 12.8 Å².